The van der Waals surface area contributed by atoms with Crippen molar-refractivity contribution in [3.63, 3.8) is 0 Å². The Morgan fingerprint density at radius 1 is 1.17 bits per heavy atom. The molecule has 0 bridgehead atoms. The fourth-order valence-electron chi connectivity index (χ4n) is 2.07. The first-order valence-electron chi connectivity index (χ1n) is 6.47. The third kappa shape index (κ3) is 3.62. The summed E-state index contributed by atoms with van der Waals surface area (Å²) in [5.41, 5.74) is 2.50. The predicted octanol–water partition coefficient (Wildman–Crippen LogP) is 2.09. The summed E-state index contributed by atoms with van der Waals surface area (Å²) in [6, 6.07) is 6.16. The van der Waals surface area contributed by atoms with Crippen LogP contribution in [0.25, 0.3) is 0 Å². The molecule has 1 aromatic rings. The molecule has 0 atom stereocenters. The molecule has 0 amide bonds. The molecule has 1 aliphatic rings. The zero-order valence-corrected chi connectivity index (χ0v) is 10.9. The second-order valence-electron chi connectivity index (χ2n) is 4.27. The van der Waals surface area contributed by atoms with E-state index in [0.29, 0.717) is 26.4 Å². The van der Waals surface area contributed by atoms with Gasteiger partial charge >= 0.3 is 0 Å². The fraction of sp³-hybridized carbons (Fsp3) is 0.571. The fourth-order valence-corrected chi connectivity index (χ4v) is 2.07. The van der Waals surface area contributed by atoms with E-state index in [2.05, 4.69) is 11.4 Å². The van der Waals surface area contributed by atoms with Crippen molar-refractivity contribution in [2.75, 3.05) is 45.4 Å². The van der Waals surface area contributed by atoms with Crippen molar-refractivity contribution in [2.45, 2.75) is 12.8 Å². The second-order valence-corrected chi connectivity index (χ2v) is 4.27. The summed E-state index contributed by atoms with van der Waals surface area (Å²) in [5, 5.41) is 3.39. The molecule has 0 radical (unpaired) electrons. The van der Waals surface area contributed by atoms with Gasteiger partial charge in [0.1, 0.15) is 12.4 Å². The summed E-state index contributed by atoms with van der Waals surface area (Å²) in [5.74, 6) is 0.982. The number of rotatable bonds is 7. The number of ether oxygens (including phenoxy) is 3. The molecular weight excluding hydrogens is 230 g/mol. The van der Waals surface area contributed by atoms with E-state index in [4.69, 9.17) is 14.2 Å². The van der Waals surface area contributed by atoms with Crippen molar-refractivity contribution in [1.29, 1.82) is 0 Å². The van der Waals surface area contributed by atoms with Gasteiger partial charge < -0.3 is 19.5 Å². The molecule has 1 aromatic carbocycles. The van der Waals surface area contributed by atoms with Crippen LogP contribution in [0.15, 0.2) is 18.2 Å². The molecule has 18 heavy (non-hydrogen) atoms. The standard InChI is InChI=1S/C14H21NO3/c1-16-8-9-17-10-11-18-14-6-2-5-13-12(14)4-3-7-15-13/h2,5-6,15H,3-4,7-11H2,1H3. The van der Waals surface area contributed by atoms with E-state index in [1.165, 1.54) is 11.3 Å². The predicted molar refractivity (Wildman–Crippen MR) is 71.4 cm³/mol. The quantitative estimate of drug-likeness (QED) is 0.753. The van der Waals surface area contributed by atoms with Gasteiger partial charge in [-0.15, -0.1) is 0 Å². The van der Waals surface area contributed by atoms with Gasteiger partial charge in [-0.2, -0.15) is 0 Å². The first kappa shape index (κ1) is 13.2. The van der Waals surface area contributed by atoms with Crippen LogP contribution in [0.1, 0.15) is 12.0 Å². The molecule has 2 rings (SSSR count). The van der Waals surface area contributed by atoms with Crippen LogP contribution in [0.3, 0.4) is 0 Å². The van der Waals surface area contributed by atoms with E-state index in [-0.39, 0.29) is 0 Å². The Morgan fingerprint density at radius 3 is 2.94 bits per heavy atom. The highest BCUT2D eigenvalue weighted by molar-refractivity contribution is 5.58. The van der Waals surface area contributed by atoms with Gasteiger partial charge in [-0.25, -0.2) is 0 Å². The second kappa shape index (κ2) is 7.24. The smallest absolute Gasteiger partial charge is 0.124 e. The molecule has 0 saturated carbocycles. The maximum Gasteiger partial charge on any atom is 0.124 e. The van der Waals surface area contributed by atoms with Gasteiger partial charge in [0, 0.05) is 24.9 Å². The van der Waals surface area contributed by atoms with Crippen molar-refractivity contribution in [3.05, 3.63) is 23.8 Å². The van der Waals surface area contributed by atoms with E-state index in [0.717, 1.165) is 25.1 Å². The van der Waals surface area contributed by atoms with Gasteiger partial charge in [-0.1, -0.05) is 6.07 Å². The summed E-state index contributed by atoms with van der Waals surface area (Å²) in [6.45, 7) is 3.48. The third-order valence-electron chi connectivity index (χ3n) is 2.97. The number of anilines is 1. The summed E-state index contributed by atoms with van der Waals surface area (Å²) >= 11 is 0. The lowest BCUT2D eigenvalue weighted by Gasteiger charge is -2.20. The van der Waals surface area contributed by atoms with Crippen LogP contribution in [0.5, 0.6) is 5.75 Å². The average Bonchev–Trinajstić information content (AvgIpc) is 2.43. The van der Waals surface area contributed by atoms with Crippen LogP contribution in [0, 0.1) is 0 Å². The summed E-state index contributed by atoms with van der Waals surface area (Å²) in [4.78, 5) is 0. The molecule has 0 saturated heterocycles. The van der Waals surface area contributed by atoms with E-state index >= 15 is 0 Å². The Morgan fingerprint density at radius 2 is 2.06 bits per heavy atom. The molecule has 1 aliphatic heterocycles. The SMILES string of the molecule is COCCOCCOc1cccc2c1CCCN2. The molecule has 0 aliphatic carbocycles. The lowest BCUT2D eigenvalue weighted by atomic mass is 10.0. The number of nitrogens with one attached hydrogen (secondary N) is 1. The highest BCUT2D eigenvalue weighted by atomic mass is 16.5. The van der Waals surface area contributed by atoms with Crippen LogP contribution in [0.2, 0.25) is 0 Å². The zero-order valence-electron chi connectivity index (χ0n) is 10.9. The Bertz CT molecular complexity index is 368. The number of methoxy groups -OCH3 is 1. The lowest BCUT2D eigenvalue weighted by Crippen LogP contribution is -2.14. The summed E-state index contributed by atoms with van der Waals surface area (Å²) in [7, 11) is 1.67. The Hall–Kier alpha value is -1.26. The monoisotopic (exact) mass is 251 g/mol. The number of hydrogen-bond acceptors (Lipinski definition) is 4. The van der Waals surface area contributed by atoms with Crippen molar-refractivity contribution in [1.82, 2.24) is 0 Å². The largest absolute Gasteiger partial charge is 0.491 e. The van der Waals surface area contributed by atoms with Crippen LogP contribution in [0.4, 0.5) is 5.69 Å². The maximum atomic E-state index is 5.78. The van der Waals surface area contributed by atoms with Gasteiger partial charge in [-0.05, 0) is 25.0 Å². The van der Waals surface area contributed by atoms with Gasteiger partial charge in [0.05, 0.1) is 19.8 Å². The van der Waals surface area contributed by atoms with Gasteiger partial charge in [0.15, 0.2) is 0 Å². The molecule has 4 nitrogen and oxygen atoms in total. The van der Waals surface area contributed by atoms with Crippen LogP contribution < -0.4 is 10.1 Å². The third-order valence-corrected chi connectivity index (χ3v) is 2.97. The zero-order chi connectivity index (χ0) is 12.6. The topological polar surface area (TPSA) is 39.7 Å². The Balaban J connectivity index is 1.79. The maximum absolute atomic E-state index is 5.78. The Labute approximate surface area is 108 Å². The Kier molecular flexibility index (Phi) is 5.30. The molecule has 1 N–H and O–H groups in total. The minimum absolute atomic E-state index is 0.583. The van der Waals surface area contributed by atoms with E-state index in [9.17, 15) is 0 Å². The van der Waals surface area contributed by atoms with Crippen molar-refractivity contribution in [2.24, 2.45) is 0 Å². The molecule has 100 valence electrons. The number of hydrogen-bond donors (Lipinski definition) is 1. The number of benzene rings is 1. The molecule has 0 unspecified atom stereocenters. The lowest BCUT2D eigenvalue weighted by molar-refractivity contribution is 0.0543. The van der Waals surface area contributed by atoms with Gasteiger partial charge in [-0.3, -0.25) is 0 Å². The van der Waals surface area contributed by atoms with E-state index in [1.54, 1.807) is 7.11 Å². The minimum atomic E-state index is 0.583. The summed E-state index contributed by atoms with van der Waals surface area (Å²) < 4.78 is 16.1. The highest BCUT2D eigenvalue weighted by Gasteiger charge is 2.12. The normalized spacial score (nSPS) is 13.8. The van der Waals surface area contributed by atoms with E-state index in [1.807, 2.05) is 12.1 Å². The molecule has 0 fully saturated rings. The average molecular weight is 251 g/mol. The molecule has 1 heterocycles. The first-order valence-corrected chi connectivity index (χ1v) is 6.47. The van der Waals surface area contributed by atoms with Crippen LogP contribution >= 0.6 is 0 Å². The van der Waals surface area contributed by atoms with Gasteiger partial charge in [0.2, 0.25) is 0 Å². The molecular formula is C14H21NO3. The first-order chi connectivity index (χ1) is 8.92. The van der Waals surface area contributed by atoms with Gasteiger partial charge in [0.25, 0.3) is 0 Å². The summed E-state index contributed by atoms with van der Waals surface area (Å²) in [6.07, 6.45) is 2.25. The van der Waals surface area contributed by atoms with Crippen molar-refractivity contribution in [3.8, 4) is 5.75 Å². The molecule has 4 heteroatoms. The molecule has 0 aromatic heterocycles. The minimum Gasteiger partial charge on any atom is -0.491 e. The molecule has 0 spiro atoms. The van der Waals surface area contributed by atoms with Crippen LogP contribution in [-0.4, -0.2) is 40.1 Å². The highest BCUT2D eigenvalue weighted by Crippen LogP contribution is 2.30. The van der Waals surface area contributed by atoms with E-state index < -0.39 is 0 Å². The van der Waals surface area contributed by atoms with Crippen molar-refractivity contribution >= 4 is 5.69 Å². The number of fused-ring (bicyclic) bond motifs is 1. The van der Waals surface area contributed by atoms with Crippen LogP contribution in [-0.2, 0) is 15.9 Å². The van der Waals surface area contributed by atoms with Crippen molar-refractivity contribution < 1.29 is 14.2 Å².